The number of hydrogen-bond acceptors (Lipinski definition) is 4. The molecule has 0 aromatic carbocycles. The summed E-state index contributed by atoms with van der Waals surface area (Å²) in [7, 11) is 0. The highest BCUT2D eigenvalue weighted by molar-refractivity contribution is 6.29. The van der Waals surface area contributed by atoms with Crippen LogP contribution in [0, 0.1) is 0 Å². The van der Waals surface area contributed by atoms with E-state index in [1.165, 1.54) is 0 Å². The van der Waals surface area contributed by atoms with Crippen molar-refractivity contribution in [1.29, 1.82) is 0 Å². The van der Waals surface area contributed by atoms with E-state index in [4.69, 9.17) is 11.6 Å². The molecule has 2 fully saturated rings. The van der Waals surface area contributed by atoms with E-state index in [2.05, 4.69) is 15.3 Å². The molecule has 0 bridgehead atoms. The quantitative estimate of drug-likeness (QED) is 0.827. The molecule has 1 aromatic heterocycles. The van der Waals surface area contributed by atoms with Crippen LogP contribution in [0.25, 0.3) is 0 Å². The summed E-state index contributed by atoms with van der Waals surface area (Å²) in [6.45, 7) is 0. The second kappa shape index (κ2) is 5.02. The normalized spacial score (nSPS) is 28.1. The molecule has 2 N–H and O–H groups in total. The molecule has 1 heterocycles. The third-order valence-electron chi connectivity index (χ3n) is 3.72. The van der Waals surface area contributed by atoms with E-state index in [0.717, 1.165) is 50.2 Å². The Labute approximate surface area is 112 Å². The highest BCUT2D eigenvalue weighted by Crippen LogP contribution is 2.38. The molecule has 0 radical (unpaired) electrons. The standard InChI is InChI=1S/C13H18ClN3O/c14-11-7-12(17-13(16-11)8-5-6-8)15-9-3-1-2-4-10(9)18/h7-10,18H,1-6H2,(H,15,16,17)/t9-,10-/m0/s1. The van der Waals surface area contributed by atoms with Crippen LogP contribution in [-0.2, 0) is 0 Å². The van der Waals surface area contributed by atoms with Crippen LogP contribution < -0.4 is 5.32 Å². The van der Waals surface area contributed by atoms with Crippen molar-refractivity contribution in [1.82, 2.24) is 9.97 Å². The maximum atomic E-state index is 9.95. The van der Waals surface area contributed by atoms with Gasteiger partial charge >= 0.3 is 0 Å². The van der Waals surface area contributed by atoms with E-state index in [-0.39, 0.29) is 12.1 Å². The lowest BCUT2D eigenvalue weighted by Crippen LogP contribution is -2.36. The SMILES string of the molecule is O[C@H]1CCCC[C@@H]1Nc1cc(Cl)nc(C2CC2)n1. The fraction of sp³-hybridized carbons (Fsp3) is 0.692. The molecular weight excluding hydrogens is 250 g/mol. The summed E-state index contributed by atoms with van der Waals surface area (Å²) < 4.78 is 0. The minimum atomic E-state index is -0.281. The maximum absolute atomic E-state index is 9.95. The first-order valence-corrected chi connectivity index (χ1v) is 7.09. The first-order valence-electron chi connectivity index (χ1n) is 6.71. The number of hydrogen-bond donors (Lipinski definition) is 2. The summed E-state index contributed by atoms with van der Waals surface area (Å²) in [6, 6.07) is 1.84. The summed E-state index contributed by atoms with van der Waals surface area (Å²) in [4.78, 5) is 8.77. The Morgan fingerprint density at radius 1 is 1.17 bits per heavy atom. The lowest BCUT2D eigenvalue weighted by Gasteiger charge is -2.28. The van der Waals surface area contributed by atoms with Gasteiger partial charge < -0.3 is 10.4 Å². The molecule has 2 aliphatic carbocycles. The Hall–Kier alpha value is -0.870. The van der Waals surface area contributed by atoms with Crippen molar-refractivity contribution in [3.63, 3.8) is 0 Å². The van der Waals surface area contributed by atoms with Crippen LogP contribution >= 0.6 is 11.6 Å². The van der Waals surface area contributed by atoms with Crippen LogP contribution in [0.15, 0.2) is 6.07 Å². The number of anilines is 1. The molecule has 2 atom stereocenters. The average molecular weight is 268 g/mol. The number of aliphatic hydroxyl groups is 1. The molecule has 0 saturated heterocycles. The zero-order valence-corrected chi connectivity index (χ0v) is 11.0. The molecule has 5 heteroatoms. The second-order valence-electron chi connectivity index (χ2n) is 5.31. The van der Waals surface area contributed by atoms with Gasteiger partial charge in [-0.15, -0.1) is 0 Å². The van der Waals surface area contributed by atoms with Crippen LogP contribution in [0.4, 0.5) is 5.82 Å². The Morgan fingerprint density at radius 2 is 1.94 bits per heavy atom. The van der Waals surface area contributed by atoms with Crippen molar-refractivity contribution in [3.05, 3.63) is 17.0 Å². The molecule has 18 heavy (non-hydrogen) atoms. The molecule has 0 aliphatic heterocycles. The lowest BCUT2D eigenvalue weighted by molar-refractivity contribution is 0.116. The zero-order valence-electron chi connectivity index (χ0n) is 10.3. The Balaban J connectivity index is 1.74. The van der Waals surface area contributed by atoms with Crippen molar-refractivity contribution in [2.24, 2.45) is 0 Å². The van der Waals surface area contributed by atoms with E-state index in [1.54, 1.807) is 6.07 Å². The first-order chi connectivity index (χ1) is 8.72. The number of nitrogens with zero attached hydrogens (tertiary/aromatic N) is 2. The molecule has 3 rings (SSSR count). The van der Waals surface area contributed by atoms with Gasteiger partial charge in [-0.05, 0) is 25.7 Å². The Bertz CT molecular complexity index is 436. The lowest BCUT2D eigenvalue weighted by atomic mass is 9.93. The Kier molecular flexibility index (Phi) is 3.39. The van der Waals surface area contributed by atoms with Gasteiger partial charge in [-0.25, -0.2) is 9.97 Å². The highest BCUT2D eigenvalue weighted by atomic mass is 35.5. The molecule has 0 spiro atoms. The number of nitrogens with one attached hydrogen (secondary N) is 1. The number of rotatable bonds is 3. The van der Waals surface area contributed by atoms with Crippen molar-refractivity contribution >= 4 is 17.4 Å². The summed E-state index contributed by atoms with van der Waals surface area (Å²) in [5.41, 5.74) is 0. The van der Waals surface area contributed by atoms with Crippen molar-refractivity contribution in [3.8, 4) is 0 Å². The number of aliphatic hydroxyl groups excluding tert-OH is 1. The zero-order chi connectivity index (χ0) is 12.5. The van der Waals surface area contributed by atoms with Crippen LogP contribution in [-0.4, -0.2) is 27.2 Å². The van der Waals surface area contributed by atoms with Crippen LogP contribution in [0.2, 0.25) is 5.15 Å². The fourth-order valence-corrected chi connectivity index (χ4v) is 2.69. The van der Waals surface area contributed by atoms with Crippen molar-refractivity contribution in [2.75, 3.05) is 5.32 Å². The van der Waals surface area contributed by atoms with Gasteiger partial charge in [0.1, 0.15) is 16.8 Å². The molecule has 0 unspecified atom stereocenters. The summed E-state index contributed by atoms with van der Waals surface area (Å²) in [5, 5.41) is 13.7. The molecule has 2 saturated carbocycles. The van der Waals surface area contributed by atoms with Gasteiger partial charge in [-0.2, -0.15) is 0 Å². The smallest absolute Gasteiger partial charge is 0.135 e. The van der Waals surface area contributed by atoms with Gasteiger partial charge in [-0.3, -0.25) is 0 Å². The van der Waals surface area contributed by atoms with Crippen LogP contribution in [0.1, 0.15) is 50.3 Å². The summed E-state index contributed by atoms with van der Waals surface area (Å²) >= 11 is 6.02. The van der Waals surface area contributed by atoms with Crippen molar-refractivity contribution in [2.45, 2.75) is 56.6 Å². The monoisotopic (exact) mass is 267 g/mol. The van der Waals surface area contributed by atoms with Gasteiger partial charge in [-0.1, -0.05) is 24.4 Å². The fourth-order valence-electron chi connectivity index (χ4n) is 2.50. The van der Waals surface area contributed by atoms with Crippen LogP contribution in [0.3, 0.4) is 0 Å². The number of halogens is 1. The Morgan fingerprint density at radius 3 is 2.67 bits per heavy atom. The third kappa shape index (κ3) is 2.75. The van der Waals surface area contributed by atoms with E-state index in [0.29, 0.717) is 11.1 Å². The largest absolute Gasteiger partial charge is 0.391 e. The molecule has 4 nitrogen and oxygen atoms in total. The molecule has 2 aliphatic rings. The predicted molar refractivity (Wildman–Crippen MR) is 70.9 cm³/mol. The third-order valence-corrected chi connectivity index (χ3v) is 3.91. The minimum Gasteiger partial charge on any atom is -0.391 e. The molecular formula is C13H18ClN3O. The van der Waals surface area contributed by atoms with Crippen LogP contribution in [0.5, 0.6) is 0 Å². The second-order valence-corrected chi connectivity index (χ2v) is 5.70. The van der Waals surface area contributed by atoms with Gasteiger partial charge in [0.25, 0.3) is 0 Å². The average Bonchev–Trinajstić information content (AvgIpc) is 3.15. The van der Waals surface area contributed by atoms with E-state index < -0.39 is 0 Å². The summed E-state index contributed by atoms with van der Waals surface area (Å²) in [5.74, 6) is 2.08. The van der Waals surface area contributed by atoms with Crippen molar-refractivity contribution < 1.29 is 5.11 Å². The van der Waals surface area contributed by atoms with E-state index in [9.17, 15) is 5.11 Å². The van der Waals surface area contributed by atoms with Gasteiger partial charge in [0.05, 0.1) is 12.1 Å². The molecule has 1 aromatic rings. The predicted octanol–water partition coefficient (Wildman–Crippen LogP) is 2.72. The van der Waals surface area contributed by atoms with Gasteiger partial charge in [0.2, 0.25) is 0 Å². The first kappa shape index (κ1) is 12.2. The minimum absolute atomic E-state index is 0.0942. The van der Waals surface area contributed by atoms with Gasteiger partial charge in [0.15, 0.2) is 0 Å². The topological polar surface area (TPSA) is 58.0 Å². The molecule has 98 valence electrons. The molecule has 0 amide bonds. The maximum Gasteiger partial charge on any atom is 0.135 e. The highest BCUT2D eigenvalue weighted by Gasteiger charge is 2.28. The van der Waals surface area contributed by atoms with E-state index >= 15 is 0 Å². The van der Waals surface area contributed by atoms with E-state index in [1.807, 2.05) is 0 Å². The van der Waals surface area contributed by atoms with Gasteiger partial charge in [0, 0.05) is 12.0 Å². The summed E-state index contributed by atoms with van der Waals surface area (Å²) in [6.07, 6.45) is 6.16. The number of aromatic nitrogens is 2.